The number of benzene rings is 2. The molecule has 0 aromatic heterocycles. The van der Waals surface area contributed by atoms with Gasteiger partial charge in [0.1, 0.15) is 0 Å². The van der Waals surface area contributed by atoms with E-state index in [1.165, 1.54) is 0 Å². The lowest BCUT2D eigenvalue weighted by atomic mass is 10.0. The molecule has 0 fully saturated rings. The van der Waals surface area contributed by atoms with E-state index in [1.54, 1.807) is 12.1 Å². The highest BCUT2D eigenvalue weighted by molar-refractivity contribution is 5.78. The summed E-state index contributed by atoms with van der Waals surface area (Å²) in [5.74, 6) is -1.08. The molecule has 4 heteroatoms. The second kappa shape index (κ2) is 5.82. The minimum absolute atomic E-state index is 0.393. The van der Waals surface area contributed by atoms with E-state index in [2.05, 4.69) is 5.32 Å². The second-order valence-corrected chi connectivity index (χ2v) is 4.04. The topological polar surface area (TPSA) is 66.4 Å². The molecule has 19 heavy (non-hydrogen) atoms. The third-order valence-electron chi connectivity index (χ3n) is 2.83. The first-order valence-electron chi connectivity index (χ1n) is 5.80. The molecular weight excluding hydrogens is 242 g/mol. The van der Waals surface area contributed by atoms with Crippen LogP contribution in [0.25, 0.3) is 11.1 Å². The van der Waals surface area contributed by atoms with Gasteiger partial charge in [0, 0.05) is 0 Å². The van der Waals surface area contributed by atoms with Gasteiger partial charge in [-0.2, -0.15) is 0 Å². The van der Waals surface area contributed by atoms with E-state index >= 15 is 0 Å². The molecule has 0 radical (unpaired) electrons. The van der Waals surface area contributed by atoms with Gasteiger partial charge in [0.25, 0.3) is 0 Å². The standard InChI is InChI=1S/C15H13NO3/c17-10-16-14(15(18)19)13-8-6-12(7-9-13)11-4-2-1-3-5-11/h1-10,14H,(H,16,17)(H,18,19). The summed E-state index contributed by atoms with van der Waals surface area (Å²) < 4.78 is 0. The first kappa shape index (κ1) is 12.8. The maximum Gasteiger partial charge on any atom is 0.330 e. The minimum Gasteiger partial charge on any atom is -0.479 e. The van der Waals surface area contributed by atoms with Crippen molar-refractivity contribution in [3.8, 4) is 11.1 Å². The molecule has 1 unspecified atom stereocenters. The Morgan fingerprint density at radius 3 is 2.11 bits per heavy atom. The maximum absolute atomic E-state index is 11.0. The van der Waals surface area contributed by atoms with Crippen LogP contribution in [-0.4, -0.2) is 17.5 Å². The quantitative estimate of drug-likeness (QED) is 0.805. The average Bonchev–Trinajstić information content (AvgIpc) is 2.46. The van der Waals surface area contributed by atoms with Gasteiger partial charge in [-0.3, -0.25) is 4.79 Å². The zero-order chi connectivity index (χ0) is 13.7. The summed E-state index contributed by atoms with van der Waals surface area (Å²) in [7, 11) is 0. The van der Waals surface area contributed by atoms with E-state index in [-0.39, 0.29) is 0 Å². The minimum atomic E-state index is -1.08. The molecule has 0 spiro atoms. The zero-order valence-corrected chi connectivity index (χ0v) is 10.1. The van der Waals surface area contributed by atoms with E-state index in [0.29, 0.717) is 12.0 Å². The number of hydrogen-bond acceptors (Lipinski definition) is 2. The molecule has 0 aliphatic carbocycles. The highest BCUT2D eigenvalue weighted by Gasteiger charge is 2.18. The number of carboxylic acid groups (broad SMARTS) is 1. The van der Waals surface area contributed by atoms with Gasteiger partial charge < -0.3 is 10.4 Å². The summed E-state index contributed by atoms with van der Waals surface area (Å²) >= 11 is 0. The molecule has 1 atom stereocenters. The molecule has 2 aromatic carbocycles. The van der Waals surface area contributed by atoms with E-state index in [9.17, 15) is 9.59 Å². The Morgan fingerprint density at radius 1 is 1.00 bits per heavy atom. The molecule has 2 rings (SSSR count). The molecule has 0 saturated heterocycles. The Morgan fingerprint density at radius 2 is 1.58 bits per heavy atom. The fourth-order valence-electron chi connectivity index (χ4n) is 1.88. The van der Waals surface area contributed by atoms with Gasteiger partial charge in [0.05, 0.1) is 0 Å². The van der Waals surface area contributed by atoms with Gasteiger partial charge in [-0.25, -0.2) is 4.79 Å². The number of rotatable bonds is 5. The predicted molar refractivity (Wildman–Crippen MR) is 71.5 cm³/mol. The Kier molecular flexibility index (Phi) is 3.93. The molecule has 0 heterocycles. The van der Waals surface area contributed by atoms with Crippen molar-refractivity contribution in [3.63, 3.8) is 0 Å². The Bertz CT molecular complexity index is 564. The molecular formula is C15H13NO3. The Labute approximate surface area is 110 Å². The summed E-state index contributed by atoms with van der Waals surface area (Å²) in [4.78, 5) is 21.4. The van der Waals surface area contributed by atoms with Crippen LogP contribution in [0.2, 0.25) is 0 Å². The number of amides is 1. The van der Waals surface area contributed by atoms with Gasteiger partial charge >= 0.3 is 5.97 Å². The van der Waals surface area contributed by atoms with Gasteiger partial charge in [-0.05, 0) is 16.7 Å². The first-order chi connectivity index (χ1) is 9.22. The van der Waals surface area contributed by atoms with Crippen molar-refractivity contribution in [2.45, 2.75) is 6.04 Å². The smallest absolute Gasteiger partial charge is 0.330 e. The molecule has 2 N–H and O–H groups in total. The molecule has 0 aliphatic rings. The molecule has 0 aliphatic heterocycles. The van der Waals surface area contributed by atoms with Crippen LogP contribution in [0.15, 0.2) is 54.6 Å². The van der Waals surface area contributed by atoms with Gasteiger partial charge in [-0.15, -0.1) is 0 Å². The van der Waals surface area contributed by atoms with Crippen molar-refractivity contribution in [3.05, 3.63) is 60.2 Å². The van der Waals surface area contributed by atoms with Crippen molar-refractivity contribution in [1.29, 1.82) is 0 Å². The lowest BCUT2D eigenvalue weighted by Gasteiger charge is -2.12. The normalized spacial score (nSPS) is 11.6. The van der Waals surface area contributed by atoms with Gasteiger partial charge in [0.2, 0.25) is 6.41 Å². The highest BCUT2D eigenvalue weighted by Crippen LogP contribution is 2.21. The lowest BCUT2D eigenvalue weighted by Crippen LogP contribution is -2.27. The molecule has 0 bridgehead atoms. The third-order valence-corrected chi connectivity index (χ3v) is 2.83. The molecule has 96 valence electrons. The SMILES string of the molecule is O=CNC(C(=O)O)c1ccc(-c2ccccc2)cc1. The van der Waals surface area contributed by atoms with Crippen molar-refractivity contribution < 1.29 is 14.7 Å². The van der Waals surface area contributed by atoms with Crippen LogP contribution in [0.1, 0.15) is 11.6 Å². The number of carbonyl (C=O) groups excluding carboxylic acids is 1. The van der Waals surface area contributed by atoms with Crippen LogP contribution in [0.4, 0.5) is 0 Å². The van der Waals surface area contributed by atoms with Gasteiger partial charge in [0.15, 0.2) is 6.04 Å². The molecule has 0 saturated carbocycles. The largest absolute Gasteiger partial charge is 0.479 e. The first-order valence-corrected chi connectivity index (χ1v) is 5.80. The van der Waals surface area contributed by atoms with E-state index in [0.717, 1.165) is 11.1 Å². The maximum atomic E-state index is 11.0. The van der Waals surface area contributed by atoms with Crippen LogP contribution >= 0.6 is 0 Å². The fraction of sp³-hybridized carbons (Fsp3) is 0.0667. The van der Waals surface area contributed by atoms with Crippen molar-refractivity contribution in [1.82, 2.24) is 5.32 Å². The van der Waals surface area contributed by atoms with Crippen LogP contribution in [0, 0.1) is 0 Å². The summed E-state index contributed by atoms with van der Waals surface area (Å²) in [5, 5.41) is 11.3. The Hall–Kier alpha value is -2.62. The van der Waals surface area contributed by atoms with Crippen molar-refractivity contribution in [2.75, 3.05) is 0 Å². The monoisotopic (exact) mass is 255 g/mol. The summed E-state index contributed by atoms with van der Waals surface area (Å²) in [6.45, 7) is 0. The number of aliphatic carboxylic acids is 1. The van der Waals surface area contributed by atoms with Gasteiger partial charge in [-0.1, -0.05) is 54.6 Å². The van der Waals surface area contributed by atoms with Crippen molar-refractivity contribution in [2.24, 2.45) is 0 Å². The lowest BCUT2D eigenvalue weighted by molar-refractivity contribution is -0.140. The molecule has 1 amide bonds. The number of carboxylic acids is 1. The third kappa shape index (κ3) is 2.98. The summed E-state index contributed by atoms with van der Waals surface area (Å²) in [5.41, 5.74) is 2.60. The van der Waals surface area contributed by atoms with Crippen LogP contribution in [0.3, 0.4) is 0 Å². The van der Waals surface area contributed by atoms with Crippen LogP contribution < -0.4 is 5.32 Å². The van der Waals surface area contributed by atoms with E-state index in [1.807, 2.05) is 42.5 Å². The average molecular weight is 255 g/mol. The van der Waals surface area contributed by atoms with Crippen LogP contribution in [-0.2, 0) is 9.59 Å². The van der Waals surface area contributed by atoms with E-state index < -0.39 is 12.0 Å². The molecule has 2 aromatic rings. The summed E-state index contributed by atoms with van der Waals surface area (Å²) in [6, 6.07) is 15.9. The fourth-order valence-corrected chi connectivity index (χ4v) is 1.88. The predicted octanol–water partition coefficient (Wildman–Crippen LogP) is 2.23. The zero-order valence-electron chi connectivity index (χ0n) is 10.1. The van der Waals surface area contributed by atoms with Crippen LogP contribution in [0.5, 0.6) is 0 Å². The number of carbonyl (C=O) groups is 2. The highest BCUT2D eigenvalue weighted by atomic mass is 16.4. The second-order valence-electron chi connectivity index (χ2n) is 4.04. The Balaban J connectivity index is 2.27. The molecule has 4 nitrogen and oxygen atoms in total. The van der Waals surface area contributed by atoms with Crippen molar-refractivity contribution >= 4 is 12.4 Å². The van der Waals surface area contributed by atoms with E-state index in [4.69, 9.17) is 5.11 Å². The summed E-state index contributed by atoms with van der Waals surface area (Å²) in [6.07, 6.45) is 0.393. The number of nitrogens with one attached hydrogen (secondary N) is 1. The number of hydrogen-bond donors (Lipinski definition) is 2.